The molecule has 7 nitrogen and oxygen atoms in total. The van der Waals surface area contributed by atoms with Crippen molar-refractivity contribution in [3.05, 3.63) is 102 Å². The molecule has 1 aromatic heterocycles. The largest absolute Gasteiger partial charge is 0.319 e. The van der Waals surface area contributed by atoms with Crippen LogP contribution in [-0.2, 0) is 10.0 Å². The highest BCUT2D eigenvalue weighted by Gasteiger charge is 2.18. The molecule has 0 saturated carbocycles. The van der Waals surface area contributed by atoms with E-state index in [9.17, 15) is 22.0 Å². The first-order valence-corrected chi connectivity index (χ1v) is 10.8. The number of carbonyl (C=O) groups excluding carboxylic acids is 1. The molecule has 0 aliphatic carbocycles. The molecule has 4 aromatic rings. The molecule has 1 amide bonds. The second-order valence-corrected chi connectivity index (χ2v) is 8.37. The van der Waals surface area contributed by atoms with E-state index in [0.717, 1.165) is 24.3 Å². The maximum absolute atomic E-state index is 13.4. The molecule has 32 heavy (non-hydrogen) atoms. The molecule has 162 valence electrons. The standard InChI is InChI=1S/C22H16F2N4O3S/c23-15-8-10-18(11-9-15)32(30,31)27-20-7-2-1-6-19(20)25-22(29)21-12-13-28(26-21)17-5-3-4-16(24)14-17/h1-14,27H,(H,25,29). The molecule has 0 atom stereocenters. The zero-order valence-corrected chi connectivity index (χ0v) is 17.2. The maximum atomic E-state index is 13.4. The molecule has 10 heteroatoms. The second-order valence-electron chi connectivity index (χ2n) is 6.68. The van der Waals surface area contributed by atoms with Crippen molar-refractivity contribution in [3.8, 4) is 5.69 Å². The summed E-state index contributed by atoms with van der Waals surface area (Å²) in [6, 6.07) is 17.7. The fourth-order valence-corrected chi connectivity index (χ4v) is 3.97. The molecule has 0 radical (unpaired) electrons. The number of hydrogen-bond acceptors (Lipinski definition) is 4. The summed E-state index contributed by atoms with van der Waals surface area (Å²) in [5, 5.41) is 6.75. The normalized spacial score (nSPS) is 11.2. The lowest BCUT2D eigenvalue weighted by atomic mass is 10.2. The predicted molar refractivity (Wildman–Crippen MR) is 115 cm³/mol. The number of nitrogens with zero attached hydrogens (tertiary/aromatic N) is 2. The molecule has 0 spiro atoms. The van der Waals surface area contributed by atoms with Crippen molar-refractivity contribution in [1.82, 2.24) is 9.78 Å². The quantitative estimate of drug-likeness (QED) is 0.457. The molecule has 0 aliphatic rings. The summed E-state index contributed by atoms with van der Waals surface area (Å²) in [5.41, 5.74) is 0.806. The molecular weight excluding hydrogens is 438 g/mol. The lowest BCUT2D eigenvalue weighted by Crippen LogP contribution is -2.17. The van der Waals surface area contributed by atoms with E-state index in [2.05, 4.69) is 15.1 Å². The van der Waals surface area contributed by atoms with Crippen LogP contribution >= 0.6 is 0 Å². The Kier molecular flexibility index (Phi) is 5.69. The third-order valence-electron chi connectivity index (χ3n) is 4.44. The van der Waals surface area contributed by atoms with Crippen LogP contribution in [0.25, 0.3) is 5.69 Å². The van der Waals surface area contributed by atoms with Crippen LogP contribution in [0, 0.1) is 11.6 Å². The summed E-state index contributed by atoms with van der Waals surface area (Å²) in [4.78, 5) is 12.5. The van der Waals surface area contributed by atoms with Gasteiger partial charge in [-0.3, -0.25) is 9.52 Å². The third kappa shape index (κ3) is 4.65. The van der Waals surface area contributed by atoms with Gasteiger partial charge in [-0.15, -0.1) is 0 Å². The van der Waals surface area contributed by atoms with E-state index < -0.39 is 27.6 Å². The fourth-order valence-electron chi connectivity index (χ4n) is 2.89. The number of sulfonamides is 1. The van der Waals surface area contributed by atoms with E-state index in [4.69, 9.17) is 0 Å². The summed E-state index contributed by atoms with van der Waals surface area (Å²) in [7, 11) is -4.01. The maximum Gasteiger partial charge on any atom is 0.276 e. The first-order valence-electron chi connectivity index (χ1n) is 9.32. The fraction of sp³-hybridized carbons (Fsp3) is 0. The highest BCUT2D eigenvalue weighted by molar-refractivity contribution is 7.92. The number of hydrogen-bond donors (Lipinski definition) is 2. The van der Waals surface area contributed by atoms with Gasteiger partial charge in [0.1, 0.15) is 11.6 Å². The molecule has 4 rings (SSSR count). The minimum atomic E-state index is -4.01. The van der Waals surface area contributed by atoms with E-state index in [0.29, 0.717) is 5.69 Å². The van der Waals surface area contributed by atoms with Gasteiger partial charge in [-0.1, -0.05) is 18.2 Å². The molecule has 0 saturated heterocycles. The van der Waals surface area contributed by atoms with Gasteiger partial charge in [-0.25, -0.2) is 21.9 Å². The van der Waals surface area contributed by atoms with Crippen molar-refractivity contribution in [2.24, 2.45) is 0 Å². The zero-order valence-electron chi connectivity index (χ0n) is 16.4. The Morgan fingerprint density at radius 1 is 0.844 bits per heavy atom. The zero-order chi connectivity index (χ0) is 22.7. The Balaban J connectivity index is 1.55. The highest BCUT2D eigenvalue weighted by atomic mass is 32.2. The molecule has 0 fully saturated rings. The molecular formula is C22H16F2N4O3S. The molecule has 3 aromatic carbocycles. The van der Waals surface area contributed by atoms with Gasteiger partial charge in [0.2, 0.25) is 0 Å². The van der Waals surface area contributed by atoms with Crippen molar-refractivity contribution in [1.29, 1.82) is 0 Å². The van der Waals surface area contributed by atoms with Crippen LogP contribution in [0.2, 0.25) is 0 Å². The van der Waals surface area contributed by atoms with Crippen LogP contribution in [0.15, 0.2) is 90.0 Å². The molecule has 1 heterocycles. The second kappa shape index (κ2) is 8.60. The number of benzene rings is 3. The number of anilines is 2. The van der Waals surface area contributed by atoms with Gasteiger partial charge < -0.3 is 5.32 Å². The minimum Gasteiger partial charge on any atom is -0.319 e. The molecule has 0 aliphatic heterocycles. The smallest absolute Gasteiger partial charge is 0.276 e. The topological polar surface area (TPSA) is 93.1 Å². The average molecular weight is 454 g/mol. The van der Waals surface area contributed by atoms with Crippen LogP contribution in [0.1, 0.15) is 10.5 Å². The van der Waals surface area contributed by atoms with Gasteiger partial charge in [-0.2, -0.15) is 5.10 Å². The Hall–Kier alpha value is -4.05. The Labute approximate surface area is 182 Å². The van der Waals surface area contributed by atoms with Crippen molar-refractivity contribution in [2.45, 2.75) is 4.90 Å². The molecule has 2 N–H and O–H groups in total. The van der Waals surface area contributed by atoms with Crippen molar-refractivity contribution >= 4 is 27.3 Å². The summed E-state index contributed by atoms with van der Waals surface area (Å²) >= 11 is 0. The van der Waals surface area contributed by atoms with Gasteiger partial charge in [0.15, 0.2) is 5.69 Å². The third-order valence-corrected chi connectivity index (χ3v) is 5.82. The minimum absolute atomic E-state index is 0.0467. The summed E-state index contributed by atoms with van der Waals surface area (Å²) in [6.45, 7) is 0. The van der Waals surface area contributed by atoms with Crippen LogP contribution in [0.3, 0.4) is 0 Å². The van der Waals surface area contributed by atoms with Crippen LogP contribution in [-0.4, -0.2) is 24.1 Å². The Bertz CT molecular complexity index is 1390. The SMILES string of the molecule is O=C(Nc1ccccc1NS(=O)(=O)c1ccc(F)cc1)c1ccn(-c2cccc(F)c2)n1. The summed E-state index contributed by atoms with van der Waals surface area (Å²) in [5.74, 6) is -1.59. The molecule has 0 bridgehead atoms. The number of nitrogens with one attached hydrogen (secondary N) is 2. The van der Waals surface area contributed by atoms with Crippen molar-refractivity contribution < 1.29 is 22.0 Å². The first-order chi connectivity index (χ1) is 15.3. The van der Waals surface area contributed by atoms with Crippen LogP contribution in [0.5, 0.6) is 0 Å². The highest BCUT2D eigenvalue weighted by Crippen LogP contribution is 2.25. The first kappa shape index (κ1) is 21.2. The van der Waals surface area contributed by atoms with Gasteiger partial charge in [0.05, 0.1) is 22.0 Å². The van der Waals surface area contributed by atoms with E-state index in [-0.39, 0.29) is 22.0 Å². The lowest BCUT2D eigenvalue weighted by molar-refractivity contribution is 0.102. The number of aromatic nitrogens is 2. The summed E-state index contributed by atoms with van der Waals surface area (Å²) < 4.78 is 55.5. The number of carbonyl (C=O) groups is 1. The summed E-state index contributed by atoms with van der Waals surface area (Å²) in [6.07, 6.45) is 1.51. The Morgan fingerprint density at radius 2 is 1.56 bits per heavy atom. The average Bonchev–Trinajstić information content (AvgIpc) is 3.26. The number of para-hydroxylation sites is 2. The monoisotopic (exact) mass is 454 g/mol. The van der Waals surface area contributed by atoms with Gasteiger partial charge in [0.25, 0.3) is 15.9 Å². The number of amides is 1. The Morgan fingerprint density at radius 3 is 2.28 bits per heavy atom. The van der Waals surface area contributed by atoms with Crippen molar-refractivity contribution in [3.63, 3.8) is 0 Å². The van der Waals surface area contributed by atoms with Crippen LogP contribution < -0.4 is 10.0 Å². The van der Waals surface area contributed by atoms with E-state index in [1.807, 2.05) is 0 Å². The van der Waals surface area contributed by atoms with E-state index in [1.165, 1.54) is 47.3 Å². The lowest BCUT2D eigenvalue weighted by Gasteiger charge is -2.13. The van der Waals surface area contributed by atoms with Gasteiger partial charge in [-0.05, 0) is 60.7 Å². The van der Waals surface area contributed by atoms with Gasteiger partial charge >= 0.3 is 0 Å². The number of rotatable bonds is 6. The number of halogens is 2. The van der Waals surface area contributed by atoms with Gasteiger partial charge in [0, 0.05) is 6.20 Å². The van der Waals surface area contributed by atoms with Crippen LogP contribution in [0.4, 0.5) is 20.2 Å². The van der Waals surface area contributed by atoms with Crippen molar-refractivity contribution in [2.75, 3.05) is 10.0 Å². The molecule has 0 unspecified atom stereocenters. The van der Waals surface area contributed by atoms with E-state index in [1.54, 1.807) is 18.2 Å². The van der Waals surface area contributed by atoms with E-state index >= 15 is 0 Å². The predicted octanol–water partition coefficient (Wildman–Crippen LogP) is 4.20.